The highest BCUT2D eigenvalue weighted by Crippen LogP contribution is 2.20. The van der Waals surface area contributed by atoms with Crippen LogP contribution in [0, 0.1) is 6.92 Å². The number of rotatable bonds is 5. The maximum atomic E-state index is 4.52. The minimum atomic E-state index is 0.321. The average molecular weight is 334 g/mol. The summed E-state index contributed by atoms with van der Waals surface area (Å²) in [5, 5.41) is 3.42. The number of nitrogens with zero attached hydrogens (tertiary/aromatic N) is 2. The third kappa shape index (κ3) is 3.81. The molecule has 1 aromatic heterocycles. The molecule has 2 aromatic rings. The number of anilines is 1. The fraction of sp³-hybridized carbons (Fsp3) is 0.312. The van der Waals surface area contributed by atoms with E-state index in [4.69, 9.17) is 0 Å². The van der Waals surface area contributed by atoms with Gasteiger partial charge in [-0.2, -0.15) is 0 Å². The molecular formula is C16H20BrN3. The van der Waals surface area contributed by atoms with Crippen molar-refractivity contribution in [3.05, 3.63) is 58.2 Å². The highest BCUT2D eigenvalue weighted by Gasteiger charge is 2.13. The van der Waals surface area contributed by atoms with Crippen LogP contribution >= 0.6 is 15.9 Å². The molecule has 0 aliphatic heterocycles. The Morgan fingerprint density at radius 3 is 2.45 bits per heavy atom. The van der Waals surface area contributed by atoms with Crippen LogP contribution < -0.4 is 5.32 Å². The predicted molar refractivity (Wildman–Crippen MR) is 88.0 cm³/mol. The number of hydrogen-bond acceptors (Lipinski definition) is 3. The number of halogens is 1. The van der Waals surface area contributed by atoms with Gasteiger partial charge in [0.25, 0.3) is 0 Å². The third-order valence-electron chi connectivity index (χ3n) is 3.31. The molecule has 0 fully saturated rings. The summed E-state index contributed by atoms with van der Waals surface area (Å²) in [6, 6.07) is 14.9. The first-order valence-corrected chi connectivity index (χ1v) is 7.45. The van der Waals surface area contributed by atoms with Gasteiger partial charge in [0.15, 0.2) is 0 Å². The predicted octanol–water partition coefficient (Wildman–Crippen LogP) is 3.87. The average Bonchev–Trinajstić information content (AvgIpc) is 2.44. The van der Waals surface area contributed by atoms with Crippen molar-refractivity contribution in [2.24, 2.45) is 0 Å². The summed E-state index contributed by atoms with van der Waals surface area (Å²) in [7, 11) is 4.19. The number of aryl methyl sites for hydroxylation is 1. The first kappa shape index (κ1) is 15.0. The molecule has 1 atom stereocenters. The Morgan fingerprint density at radius 1 is 1.15 bits per heavy atom. The minimum absolute atomic E-state index is 0.321. The molecular weight excluding hydrogens is 314 g/mol. The van der Waals surface area contributed by atoms with Gasteiger partial charge in [0.2, 0.25) is 0 Å². The fourth-order valence-electron chi connectivity index (χ4n) is 2.12. The van der Waals surface area contributed by atoms with Crippen molar-refractivity contribution in [2.75, 3.05) is 26.0 Å². The van der Waals surface area contributed by atoms with Crippen LogP contribution in [0.2, 0.25) is 0 Å². The molecule has 1 N–H and O–H groups in total. The number of aromatic nitrogens is 1. The molecule has 3 nitrogen and oxygen atoms in total. The maximum absolute atomic E-state index is 4.52. The summed E-state index contributed by atoms with van der Waals surface area (Å²) in [4.78, 5) is 6.74. The molecule has 0 radical (unpaired) electrons. The third-order valence-corrected chi connectivity index (χ3v) is 4.14. The molecule has 1 aromatic carbocycles. The standard InChI is InChI=1S/C16H20BrN3/c1-12-14(17)9-10-16(19-12)18-11-15(20(2)3)13-7-5-4-6-8-13/h4-10,15H,11H2,1-3H3,(H,18,19). The van der Waals surface area contributed by atoms with Crippen LogP contribution in [0.25, 0.3) is 0 Å². The smallest absolute Gasteiger partial charge is 0.126 e. The van der Waals surface area contributed by atoms with Gasteiger partial charge >= 0.3 is 0 Å². The van der Waals surface area contributed by atoms with Crippen molar-refractivity contribution in [1.82, 2.24) is 9.88 Å². The topological polar surface area (TPSA) is 28.2 Å². The Hall–Kier alpha value is -1.39. The normalized spacial score (nSPS) is 12.4. The highest BCUT2D eigenvalue weighted by molar-refractivity contribution is 9.10. The van der Waals surface area contributed by atoms with Crippen molar-refractivity contribution in [3.8, 4) is 0 Å². The maximum Gasteiger partial charge on any atom is 0.126 e. The molecule has 0 aliphatic rings. The summed E-state index contributed by atoms with van der Waals surface area (Å²) >= 11 is 3.47. The van der Waals surface area contributed by atoms with Crippen LogP contribution in [0.4, 0.5) is 5.82 Å². The summed E-state index contributed by atoms with van der Waals surface area (Å²) in [6.45, 7) is 2.82. The van der Waals surface area contributed by atoms with Crippen LogP contribution in [0.3, 0.4) is 0 Å². The second-order valence-electron chi connectivity index (χ2n) is 5.03. The molecule has 0 amide bonds. The van der Waals surface area contributed by atoms with Gasteiger partial charge in [0.1, 0.15) is 5.82 Å². The van der Waals surface area contributed by atoms with E-state index in [2.05, 4.69) is 69.5 Å². The van der Waals surface area contributed by atoms with Gasteiger partial charge in [0.05, 0.1) is 11.7 Å². The zero-order valence-electron chi connectivity index (χ0n) is 12.1. The van der Waals surface area contributed by atoms with E-state index >= 15 is 0 Å². The second-order valence-corrected chi connectivity index (χ2v) is 5.89. The van der Waals surface area contributed by atoms with E-state index in [0.29, 0.717) is 6.04 Å². The monoisotopic (exact) mass is 333 g/mol. The van der Waals surface area contributed by atoms with Crippen molar-refractivity contribution in [1.29, 1.82) is 0 Å². The lowest BCUT2D eigenvalue weighted by Gasteiger charge is -2.25. The molecule has 106 valence electrons. The van der Waals surface area contributed by atoms with Gasteiger partial charge in [-0.05, 0) is 54.6 Å². The van der Waals surface area contributed by atoms with E-state index in [1.54, 1.807) is 0 Å². The Morgan fingerprint density at radius 2 is 1.85 bits per heavy atom. The van der Waals surface area contributed by atoms with Gasteiger partial charge in [-0.3, -0.25) is 0 Å². The number of benzene rings is 1. The van der Waals surface area contributed by atoms with Crippen LogP contribution in [-0.2, 0) is 0 Å². The van der Waals surface area contributed by atoms with Crippen LogP contribution in [0.5, 0.6) is 0 Å². The number of pyridine rings is 1. The van der Waals surface area contributed by atoms with Gasteiger partial charge in [-0.1, -0.05) is 30.3 Å². The molecule has 2 rings (SSSR count). The van der Waals surface area contributed by atoms with Crippen LogP contribution in [0.1, 0.15) is 17.3 Å². The minimum Gasteiger partial charge on any atom is -0.368 e. The summed E-state index contributed by atoms with van der Waals surface area (Å²) < 4.78 is 1.04. The summed E-state index contributed by atoms with van der Waals surface area (Å²) in [5.41, 5.74) is 2.30. The largest absolute Gasteiger partial charge is 0.368 e. The van der Waals surface area contributed by atoms with Crippen molar-refractivity contribution in [2.45, 2.75) is 13.0 Å². The molecule has 0 aliphatic carbocycles. The van der Waals surface area contributed by atoms with E-state index < -0.39 is 0 Å². The van der Waals surface area contributed by atoms with Crippen molar-refractivity contribution in [3.63, 3.8) is 0 Å². The number of likely N-dealkylation sites (N-methyl/N-ethyl adjacent to an activating group) is 1. The molecule has 0 bridgehead atoms. The molecule has 1 unspecified atom stereocenters. The first-order chi connectivity index (χ1) is 9.58. The fourth-order valence-corrected chi connectivity index (χ4v) is 2.34. The van der Waals surface area contributed by atoms with Crippen LogP contribution in [-0.4, -0.2) is 30.5 Å². The van der Waals surface area contributed by atoms with E-state index in [-0.39, 0.29) is 0 Å². The Kier molecular flexibility index (Phi) is 5.15. The Balaban J connectivity index is 2.08. The SMILES string of the molecule is Cc1nc(NCC(c2ccccc2)N(C)C)ccc1Br. The Labute approximate surface area is 129 Å². The summed E-state index contributed by atoms with van der Waals surface area (Å²) in [6.07, 6.45) is 0. The van der Waals surface area contributed by atoms with E-state index in [9.17, 15) is 0 Å². The molecule has 20 heavy (non-hydrogen) atoms. The lowest BCUT2D eigenvalue weighted by atomic mass is 10.1. The Bertz CT molecular complexity index is 555. The second kappa shape index (κ2) is 6.86. The van der Waals surface area contributed by atoms with Gasteiger partial charge in [0, 0.05) is 11.0 Å². The lowest BCUT2D eigenvalue weighted by Crippen LogP contribution is -2.27. The number of nitrogens with one attached hydrogen (secondary N) is 1. The van der Waals surface area contributed by atoms with Gasteiger partial charge in [-0.25, -0.2) is 4.98 Å². The quantitative estimate of drug-likeness (QED) is 0.900. The van der Waals surface area contributed by atoms with E-state index in [1.807, 2.05) is 25.1 Å². The molecule has 4 heteroatoms. The zero-order valence-corrected chi connectivity index (χ0v) is 13.7. The molecule has 0 saturated heterocycles. The molecule has 1 heterocycles. The van der Waals surface area contributed by atoms with Gasteiger partial charge < -0.3 is 10.2 Å². The zero-order chi connectivity index (χ0) is 14.5. The number of hydrogen-bond donors (Lipinski definition) is 1. The van der Waals surface area contributed by atoms with Gasteiger partial charge in [-0.15, -0.1) is 0 Å². The first-order valence-electron chi connectivity index (χ1n) is 6.66. The van der Waals surface area contributed by atoms with Crippen LogP contribution in [0.15, 0.2) is 46.9 Å². The highest BCUT2D eigenvalue weighted by atomic mass is 79.9. The molecule has 0 saturated carbocycles. The van der Waals surface area contributed by atoms with Crippen molar-refractivity contribution >= 4 is 21.7 Å². The van der Waals surface area contributed by atoms with E-state index in [1.165, 1.54) is 5.56 Å². The van der Waals surface area contributed by atoms with E-state index in [0.717, 1.165) is 22.5 Å². The van der Waals surface area contributed by atoms with Crippen molar-refractivity contribution < 1.29 is 0 Å². The lowest BCUT2D eigenvalue weighted by molar-refractivity contribution is 0.311. The summed E-state index contributed by atoms with van der Waals surface area (Å²) in [5.74, 6) is 0.911. The molecule has 0 spiro atoms.